The maximum absolute atomic E-state index is 6.55. The Bertz CT molecular complexity index is 1530. The van der Waals surface area contributed by atoms with Crippen molar-refractivity contribution in [3.8, 4) is 11.1 Å². The second-order valence-electron chi connectivity index (χ2n) is 7.34. The van der Waals surface area contributed by atoms with E-state index >= 15 is 0 Å². The molecule has 2 heterocycles. The minimum Gasteiger partial charge on any atom is -0.344 e. The lowest BCUT2D eigenvalue weighted by Crippen LogP contribution is -1.87. The number of benzene rings is 4. The van der Waals surface area contributed by atoms with Gasteiger partial charge in [0, 0.05) is 51.4 Å². The summed E-state index contributed by atoms with van der Waals surface area (Å²) in [6.07, 6.45) is 0. The van der Waals surface area contributed by atoms with Crippen molar-refractivity contribution in [1.29, 1.82) is 0 Å². The van der Waals surface area contributed by atoms with Gasteiger partial charge in [-0.3, -0.25) is 4.09 Å². The Kier molecular flexibility index (Phi) is 3.18. The number of para-hydroxylation sites is 2. The van der Waals surface area contributed by atoms with Gasteiger partial charge in [-0.1, -0.05) is 54.6 Å². The van der Waals surface area contributed by atoms with Gasteiger partial charge in [-0.25, -0.2) is 0 Å². The summed E-state index contributed by atoms with van der Waals surface area (Å²) >= 11 is 6.55. The SMILES string of the molecule is Cn1c2ccccc2c2ccc(-c3ccc4c(c3)c3ccccc3n4Cl)cc21. The second kappa shape index (κ2) is 5.63. The molecule has 0 bridgehead atoms. The van der Waals surface area contributed by atoms with E-state index in [1.165, 1.54) is 43.7 Å². The molecule has 2 nitrogen and oxygen atoms in total. The van der Waals surface area contributed by atoms with Crippen molar-refractivity contribution >= 4 is 55.4 Å². The molecule has 0 radical (unpaired) electrons. The molecule has 134 valence electrons. The Labute approximate surface area is 167 Å². The molecule has 0 aliphatic carbocycles. The Morgan fingerprint density at radius 2 is 1.11 bits per heavy atom. The fourth-order valence-corrected chi connectivity index (χ4v) is 4.74. The van der Waals surface area contributed by atoms with Crippen molar-refractivity contribution in [3.63, 3.8) is 0 Å². The smallest absolute Gasteiger partial charge is 0.0661 e. The zero-order valence-corrected chi connectivity index (χ0v) is 16.1. The van der Waals surface area contributed by atoms with Crippen LogP contribution in [-0.2, 0) is 7.05 Å². The first-order valence-electron chi connectivity index (χ1n) is 9.39. The number of halogens is 1. The van der Waals surface area contributed by atoms with Gasteiger partial charge in [0.1, 0.15) is 0 Å². The third-order valence-electron chi connectivity index (χ3n) is 5.86. The van der Waals surface area contributed by atoms with Crippen molar-refractivity contribution in [2.45, 2.75) is 0 Å². The van der Waals surface area contributed by atoms with Crippen LogP contribution >= 0.6 is 11.8 Å². The lowest BCUT2D eigenvalue weighted by Gasteiger charge is -2.05. The van der Waals surface area contributed by atoms with E-state index in [1.54, 1.807) is 4.09 Å². The summed E-state index contributed by atoms with van der Waals surface area (Å²) in [7, 11) is 2.14. The Morgan fingerprint density at radius 1 is 0.536 bits per heavy atom. The molecule has 4 aromatic carbocycles. The fraction of sp³-hybridized carbons (Fsp3) is 0.0400. The van der Waals surface area contributed by atoms with E-state index in [4.69, 9.17) is 11.8 Å². The number of aryl methyl sites for hydroxylation is 1. The molecule has 0 saturated heterocycles. The van der Waals surface area contributed by atoms with Gasteiger partial charge in [0.25, 0.3) is 0 Å². The van der Waals surface area contributed by atoms with Crippen molar-refractivity contribution in [1.82, 2.24) is 8.65 Å². The summed E-state index contributed by atoms with van der Waals surface area (Å²) in [4.78, 5) is 0. The molecular formula is C25H17ClN2. The predicted molar refractivity (Wildman–Crippen MR) is 120 cm³/mol. The maximum atomic E-state index is 6.55. The number of hydrogen-bond donors (Lipinski definition) is 0. The van der Waals surface area contributed by atoms with Gasteiger partial charge >= 0.3 is 0 Å². The van der Waals surface area contributed by atoms with Crippen LogP contribution in [0.5, 0.6) is 0 Å². The molecule has 6 aromatic rings. The summed E-state index contributed by atoms with van der Waals surface area (Å²) in [5.41, 5.74) is 7.01. The van der Waals surface area contributed by atoms with Gasteiger partial charge in [-0.15, -0.1) is 0 Å². The molecular weight excluding hydrogens is 364 g/mol. The summed E-state index contributed by atoms with van der Waals surface area (Å²) in [6, 6.07) is 30.1. The van der Waals surface area contributed by atoms with Crippen LogP contribution in [-0.4, -0.2) is 8.65 Å². The molecule has 2 aromatic heterocycles. The topological polar surface area (TPSA) is 9.86 Å². The zero-order chi connectivity index (χ0) is 18.8. The van der Waals surface area contributed by atoms with Gasteiger partial charge < -0.3 is 4.57 Å². The van der Waals surface area contributed by atoms with Gasteiger partial charge in [-0.2, -0.15) is 0 Å². The van der Waals surface area contributed by atoms with Crippen LogP contribution in [0.25, 0.3) is 54.7 Å². The van der Waals surface area contributed by atoms with Gasteiger partial charge in [0.15, 0.2) is 0 Å². The highest BCUT2D eigenvalue weighted by Gasteiger charge is 2.12. The van der Waals surface area contributed by atoms with Crippen LogP contribution in [0, 0.1) is 0 Å². The van der Waals surface area contributed by atoms with Crippen molar-refractivity contribution in [2.24, 2.45) is 7.05 Å². The van der Waals surface area contributed by atoms with Gasteiger partial charge in [0.05, 0.1) is 11.0 Å². The molecule has 0 aliphatic rings. The number of nitrogens with zero attached hydrogens (tertiary/aromatic N) is 2. The summed E-state index contributed by atoms with van der Waals surface area (Å²) in [5, 5.41) is 4.95. The van der Waals surface area contributed by atoms with Crippen LogP contribution in [0.15, 0.2) is 84.9 Å². The van der Waals surface area contributed by atoms with Crippen LogP contribution in [0.2, 0.25) is 0 Å². The van der Waals surface area contributed by atoms with Crippen molar-refractivity contribution in [2.75, 3.05) is 0 Å². The van der Waals surface area contributed by atoms with Crippen LogP contribution in [0.3, 0.4) is 0 Å². The Balaban J connectivity index is 1.62. The minimum absolute atomic E-state index is 1.04. The van der Waals surface area contributed by atoms with E-state index < -0.39 is 0 Å². The minimum atomic E-state index is 1.04. The standard InChI is InChI=1S/C25H17ClN2/c1-27-22-8-4-2-6-18(22)20-12-10-17(15-25(20)27)16-11-13-24-21(14-16)19-7-3-5-9-23(19)28(24)26/h2-15H,1H3. The van der Waals surface area contributed by atoms with E-state index in [2.05, 4.69) is 90.5 Å². The molecule has 0 amide bonds. The third kappa shape index (κ3) is 2.04. The summed E-state index contributed by atoms with van der Waals surface area (Å²) in [5.74, 6) is 0. The third-order valence-corrected chi connectivity index (χ3v) is 6.23. The number of hydrogen-bond acceptors (Lipinski definition) is 0. The molecule has 0 atom stereocenters. The number of rotatable bonds is 1. The highest BCUT2D eigenvalue weighted by atomic mass is 35.5. The van der Waals surface area contributed by atoms with Crippen LogP contribution < -0.4 is 0 Å². The summed E-state index contributed by atoms with van der Waals surface area (Å²) < 4.78 is 4.03. The molecule has 0 aliphatic heterocycles. The quantitative estimate of drug-likeness (QED) is 0.287. The number of fused-ring (bicyclic) bond motifs is 6. The molecule has 3 heteroatoms. The van der Waals surface area contributed by atoms with E-state index in [0.29, 0.717) is 0 Å². The van der Waals surface area contributed by atoms with E-state index in [0.717, 1.165) is 11.0 Å². The molecule has 0 unspecified atom stereocenters. The highest BCUT2D eigenvalue weighted by Crippen LogP contribution is 2.35. The average Bonchev–Trinajstić information content (AvgIpc) is 3.20. The van der Waals surface area contributed by atoms with E-state index in [-0.39, 0.29) is 0 Å². The van der Waals surface area contributed by atoms with E-state index in [1.807, 2.05) is 6.07 Å². The molecule has 28 heavy (non-hydrogen) atoms. The Morgan fingerprint density at radius 3 is 1.93 bits per heavy atom. The molecule has 0 N–H and O–H groups in total. The van der Waals surface area contributed by atoms with Crippen molar-refractivity contribution < 1.29 is 0 Å². The predicted octanol–water partition coefficient (Wildman–Crippen LogP) is 7.11. The Hall–Kier alpha value is -3.23. The monoisotopic (exact) mass is 380 g/mol. The maximum Gasteiger partial charge on any atom is 0.0661 e. The molecule has 0 spiro atoms. The van der Waals surface area contributed by atoms with Gasteiger partial charge in [-0.05, 0) is 41.5 Å². The van der Waals surface area contributed by atoms with Crippen LogP contribution in [0.1, 0.15) is 0 Å². The normalized spacial score (nSPS) is 11.9. The van der Waals surface area contributed by atoms with Crippen LogP contribution in [0.4, 0.5) is 0 Å². The largest absolute Gasteiger partial charge is 0.344 e. The molecule has 0 fully saturated rings. The zero-order valence-electron chi connectivity index (χ0n) is 15.4. The average molecular weight is 381 g/mol. The lowest BCUT2D eigenvalue weighted by molar-refractivity contribution is 1.01. The van der Waals surface area contributed by atoms with Gasteiger partial charge in [0.2, 0.25) is 0 Å². The second-order valence-corrected chi connectivity index (χ2v) is 7.68. The first-order chi connectivity index (χ1) is 13.7. The summed E-state index contributed by atoms with van der Waals surface area (Å²) in [6.45, 7) is 0. The first kappa shape index (κ1) is 15.8. The highest BCUT2D eigenvalue weighted by molar-refractivity contribution is 6.26. The molecule has 0 saturated carbocycles. The number of aromatic nitrogens is 2. The van der Waals surface area contributed by atoms with E-state index in [9.17, 15) is 0 Å². The lowest BCUT2D eigenvalue weighted by atomic mass is 10.0. The molecule has 6 rings (SSSR count). The fourth-order valence-electron chi connectivity index (χ4n) is 4.44. The van der Waals surface area contributed by atoms with Crippen molar-refractivity contribution in [3.05, 3.63) is 84.9 Å². The first-order valence-corrected chi connectivity index (χ1v) is 9.73.